The zero-order valence-electron chi connectivity index (χ0n) is 7.75. The van der Waals surface area contributed by atoms with Crippen LogP contribution in [0.4, 0.5) is 0 Å². The number of hydrogen-bond acceptors (Lipinski definition) is 2. The van der Waals surface area contributed by atoms with E-state index in [9.17, 15) is 4.79 Å². The Bertz CT molecular complexity index is 292. The summed E-state index contributed by atoms with van der Waals surface area (Å²) in [7, 11) is 5.84. The molecule has 72 valence electrons. The van der Waals surface area contributed by atoms with Crippen LogP contribution in [0.25, 0.3) is 0 Å². The number of esters is 1. The van der Waals surface area contributed by atoms with E-state index in [1.165, 1.54) is 0 Å². The van der Waals surface area contributed by atoms with Gasteiger partial charge in [0, 0.05) is 6.42 Å². The third-order valence-corrected chi connectivity index (χ3v) is 6.79. The lowest BCUT2D eigenvalue weighted by Gasteiger charge is -2.18. The van der Waals surface area contributed by atoms with Gasteiger partial charge in [0.1, 0.15) is 6.10 Å². The Morgan fingerprint density at radius 3 is 2.92 bits per heavy atom. The predicted molar refractivity (Wildman–Crippen MR) is 69.4 cm³/mol. The van der Waals surface area contributed by atoms with Crippen molar-refractivity contribution in [3.63, 3.8) is 0 Å². The zero-order chi connectivity index (χ0) is 10.3. The lowest BCUT2D eigenvalue weighted by atomic mass is 10.2. The van der Waals surface area contributed by atoms with E-state index in [0.717, 1.165) is 6.42 Å². The van der Waals surface area contributed by atoms with Gasteiger partial charge in [0.15, 0.2) is 0 Å². The summed E-state index contributed by atoms with van der Waals surface area (Å²) in [4.78, 5) is 11.4. The van der Waals surface area contributed by atoms with Crippen LogP contribution in [-0.2, 0) is 15.4 Å². The first kappa shape index (κ1) is 9.82. The van der Waals surface area contributed by atoms with Crippen LogP contribution < -0.4 is 0 Å². The normalized spacial score (nSPS) is 35.1. The maximum absolute atomic E-state index is 11.4. The second-order valence-electron chi connectivity index (χ2n) is 2.82. The highest BCUT2D eigenvalue weighted by molar-refractivity contribution is 14.2. The van der Waals surface area contributed by atoms with Crippen LogP contribution in [0.5, 0.6) is 0 Å². The summed E-state index contributed by atoms with van der Waals surface area (Å²) in [5.74, 6) is -2.83. The largest absolute Gasteiger partial charge is 0.462 e. The van der Waals surface area contributed by atoms with Gasteiger partial charge in [-0.3, -0.25) is 4.79 Å². The number of ether oxygens (including phenoxy) is 1. The maximum Gasteiger partial charge on any atom is 0.318 e. The zero-order valence-corrected chi connectivity index (χ0v) is 11.9. The summed E-state index contributed by atoms with van der Waals surface area (Å²) in [5.41, 5.74) is 0. The maximum atomic E-state index is 11.4. The molecule has 0 aliphatic carbocycles. The monoisotopic (exact) mass is 340 g/mol. The SMILES string of the molecule is [3H]S(=P)(P)(I)[C@H]1C[C@@H](CC)OC1=O. The van der Waals surface area contributed by atoms with Crippen molar-refractivity contribution in [2.24, 2.45) is 0 Å². The molecular weight excluding hydrogens is 325 g/mol. The average Bonchev–Trinajstić information content (AvgIpc) is 2.28. The fourth-order valence-corrected chi connectivity index (χ4v) is 4.47. The van der Waals surface area contributed by atoms with Crippen molar-refractivity contribution in [1.82, 2.24) is 0 Å². The van der Waals surface area contributed by atoms with E-state index in [0.29, 0.717) is 6.42 Å². The molecule has 0 aromatic heterocycles. The fourth-order valence-electron chi connectivity index (χ4n) is 1.15. The van der Waals surface area contributed by atoms with Gasteiger partial charge >= 0.3 is 5.97 Å². The number of rotatable bonds is 2. The summed E-state index contributed by atoms with van der Waals surface area (Å²) >= 11 is 2.01. The van der Waals surface area contributed by atoms with Gasteiger partial charge in [-0.1, -0.05) is 23.4 Å². The molecule has 0 radical (unpaired) electrons. The number of thiol groups is 1. The third kappa shape index (κ3) is 2.63. The Morgan fingerprint density at radius 2 is 2.67 bits per heavy atom. The number of halogens is 1. The topological polar surface area (TPSA) is 26.3 Å². The van der Waals surface area contributed by atoms with Crippen LogP contribution >= 0.6 is 37.7 Å². The minimum atomic E-state index is -2.60. The quantitative estimate of drug-likeness (QED) is 0.361. The van der Waals surface area contributed by atoms with E-state index in [2.05, 4.69) is 16.5 Å². The minimum Gasteiger partial charge on any atom is -0.462 e. The summed E-state index contributed by atoms with van der Waals surface area (Å²) in [6.07, 6.45) is 1.50. The van der Waals surface area contributed by atoms with Crippen molar-refractivity contribution >= 4 is 49.5 Å². The first-order valence-corrected chi connectivity index (χ1v) is 10.6. The van der Waals surface area contributed by atoms with Crippen LogP contribution in [0, 0.1) is 0 Å². The Labute approximate surface area is 91.0 Å². The molecule has 3 atom stereocenters. The summed E-state index contributed by atoms with van der Waals surface area (Å²) in [5, 5.41) is -0.316. The van der Waals surface area contributed by atoms with Crippen molar-refractivity contribution < 1.29 is 9.53 Å². The van der Waals surface area contributed by atoms with Crippen LogP contribution in [0.3, 0.4) is 0 Å². The Hall–Kier alpha value is 1.28. The van der Waals surface area contributed by atoms with Gasteiger partial charge in [-0.05, 0) is 27.6 Å². The highest BCUT2D eigenvalue weighted by Gasteiger charge is 2.36. The van der Waals surface area contributed by atoms with Gasteiger partial charge in [0.05, 0.1) is 6.37 Å². The Kier molecular flexibility index (Phi) is 3.44. The summed E-state index contributed by atoms with van der Waals surface area (Å²) in [6, 6.07) is 0. The van der Waals surface area contributed by atoms with Crippen molar-refractivity contribution in [3.05, 3.63) is 0 Å². The van der Waals surface area contributed by atoms with E-state index < -0.39 is 5.90 Å². The van der Waals surface area contributed by atoms with Gasteiger partial charge < -0.3 is 4.74 Å². The van der Waals surface area contributed by atoms with Crippen molar-refractivity contribution in [3.8, 4) is 0 Å². The van der Waals surface area contributed by atoms with Crippen molar-refractivity contribution in [2.75, 3.05) is 0 Å². The number of cyclic esters (lactones) is 1. The molecule has 1 rings (SSSR count). The standard InChI is InChI=1S/C6H13IO2P2S/c1-2-4-3-5(6(8)9-4)12(7,10)11/h4-5,10,12H,2-3,11H2,1H3/t4-,5+/m1/s1/i12T. The second kappa shape index (κ2) is 4.20. The van der Waals surface area contributed by atoms with Gasteiger partial charge in [-0.15, -0.1) is 0 Å². The molecule has 0 aromatic rings. The lowest BCUT2D eigenvalue weighted by Crippen LogP contribution is -2.19. The molecule has 1 unspecified atom stereocenters. The Morgan fingerprint density at radius 1 is 2.08 bits per heavy atom. The molecule has 0 bridgehead atoms. The summed E-state index contributed by atoms with van der Waals surface area (Å²) in [6.45, 7) is 1.99. The molecule has 0 amide bonds. The number of hydrogen-bond donors (Lipinski definition) is 1. The molecule has 0 aromatic carbocycles. The third-order valence-electron chi connectivity index (χ3n) is 1.89. The van der Waals surface area contributed by atoms with Crippen LogP contribution in [0.1, 0.15) is 19.8 Å². The molecule has 1 aliphatic rings. The molecule has 1 heterocycles. The van der Waals surface area contributed by atoms with E-state index in [1.54, 1.807) is 0 Å². The summed E-state index contributed by atoms with van der Waals surface area (Å²) < 4.78 is 13.2. The van der Waals surface area contributed by atoms with E-state index in [1.807, 2.05) is 28.1 Å². The molecule has 0 N–H and O–H groups in total. The molecular formula is C6H13IO2P2S. The van der Waals surface area contributed by atoms with Gasteiger partial charge in [-0.25, -0.2) is 0 Å². The molecule has 0 spiro atoms. The molecule has 6 heteroatoms. The van der Waals surface area contributed by atoms with E-state index >= 15 is 0 Å². The first-order chi connectivity index (χ1) is 5.71. The molecule has 1 saturated heterocycles. The highest BCUT2D eigenvalue weighted by atomic mass is 127. The molecule has 0 saturated carbocycles. The fraction of sp³-hybridized carbons (Fsp3) is 0.833. The van der Waals surface area contributed by atoms with Crippen LogP contribution in [0.15, 0.2) is 0 Å². The molecule has 2 nitrogen and oxygen atoms in total. The smallest absolute Gasteiger partial charge is 0.318 e. The molecule has 1 fully saturated rings. The average molecular weight is 340 g/mol. The lowest BCUT2D eigenvalue weighted by molar-refractivity contribution is -0.141. The van der Waals surface area contributed by atoms with Crippen LogP contribution in [0.2, 0.25) is 0 Å². The van der Waals surface area contributed by atoms with Crippen LogP contribution in [-0.4, -0.2) is 18.4 Å². The molecule has 12 heavy (non-hydrogen) atoms. The van der Waals surface area contributed by atoms with Gasteiger partial charge in [0.25, 0.3) is 0 Å². The predicted octanol–water partition coefficient (Wildman–Crippen LogP) is 2.16. The van der Waals surface area contributed by atoms with Crippen molar-refractivity contribution in [1.29, 1.82) is 1.12 Å². The minimum absolute atomic E-state index is 0.00464. The molecule has 1 aliphatic heterocycles. The van der Waals surface area contributed by atoms with Gasteiger partial charge in [0.2, 0.25) is 0 Å². The highest BCUT2D eigenvalue weighted by Crippen LogP contribution is 2.40. The van der Waals surface area contributed by atoms with Gasteiger partial charge in [-0.2, -0.15) is 5.90 Å². The Balaban J connectivity index is 2.87. The van der Waals surface area contributed by atoms with E-state index in [4.69, 9.17) is 5.86 Å². The first-order valence-electron chi connectivity index (χ1n) is 4.10. The number of carbonyl (C=O) groups excluding carboxylic acids is 1. The number of carbonyl (C=O) groups is 1. The van der Waals surface area contributed by atoms with E-state index in [-0.39, 0.29) is 17.3 Å². The second-order valence-corrected chi connectivity index (χ2v) is 20.1. The van der Waals surface area contributed by atoms with Crippen molar-refractivity contribution in [2.45, 2.75) is 31.1 Å².